The van der Waals surface area contributed by atoms with E-state index < -0.39 is 0 Å². The molecule has 0 radical (unpaired) electrons. The van der Waals surface area contributed by atoms with Crippen molar-refractivity contribution in [1.29, 1.82) is 0 Å². The highest BCUT2D eigenvalue weighted by Gasteiger charge is 2.43. The standard InChI is InChI=1S/C23H24FN3O2/c1-4-29-18-11-9-17(10-12-18)27-22(15-5-7-16(24)8-6-15)20-19(13-14(2)3)25-26-21(20)23(27)28/h5-12,14,22H,4,13H2,1-3H3,(H,25,26). The normalized spacial score (nSPS) is 15.8. The first-order valence-corrected chi connectivity index (χ1v) is 9.88. The molecule has 3 aromatic rings. The number of H-pyrrole nitrogens is 1. The third-order valence-corrected chi connectivity index (χ3v) is 5.06. The highest BCUT2D eigenvalue weighted by molar-refractivity contribution is 6.10. The number of nitrogens with zero attached hydrogens (tertiary/aromatic N) is 2. The summed E-state index contributed by atoms with van der Waals surface area (Å²) in [7, 11) is 0. The molecule has 150 valence electrons. The molecule has 29 heavy (non-hydrogen) atoms. The average Bonchev–Trinajstić information content (AvgIpc) is 3.22. The Morgan fingerprint density at radius 2 is 1.83 bits per heavy atom. The number of carbonyl (C=O) groups excluding carboxylic acids is 1. The summed E-state index contributed by atoms with van der Waals surface area (Å²) >= 11 is 0. The van der Waals surface area contributed by atoms with Crippen LogP contribution in [0.3, 0.4) is 0 Å². The van der Waals surface area contributed by atoms with Crippen LogP contribution >= 0.6 is 0 Å². The maximum absolute atomic E-state index is 13.6. The van der Waals surface area contributed by atoms with Crippen LogP contribution in [0, 0.1) is 11.7 Å². The molecule has 1 aromatic heterocycles. The van der Waals surface area contributed by atoms with Gasteiger partial charge in [-0.05, 0) is 61.2 Å². The molecular weight excluding hydrogens is 369 g/mol. The van der Waals surface area contributed by atoms with Crippen LogP contribution in [0.2, 0.25) is 0 Å². The lowest BCUT2D eigenvalue weighted by Gasteiger charge is -2.27. The molecule has 0 saturated carbocycles. The van der Waals surface area contributed by atoms with Gasteiger partial charge in [-0.25, -0.2) is 4.39 Å². The molecule has 0 aliphatic carbocycles. The summed E-state index contributed by atoms with van der Waals surface area (Å²) in [4.78, 5) is 15.0. The van der Waals surface area contributed by atoms with Crippen LogP contribution in [0.25, 0.3) is 0 Å². The van der Waals surface area contributed by atoms with Crippen LogP contribution in [-0.4, -0.2) is 22.7 Å². The van der Waals surface area contributed by atoms with Crippen molar-refractivity contribution in [2.45, 2.75) is 33.2 Å². The number of hydrogen-bond acceptors (Lipinski definition) is 3. The predicted molar refractivity (Wildman–Crippen MR) is 110 cm³/mol. The Kier molecular flexibility index (Phi) is 5.09. The van der Waals surface area contributed by atoms with Gasteiger partial charge in [0.25, 0.3) is 5.91 Å². The van der Waals surface area contributed by atoms with Crippen molar-refractivity contribution in [2.75, 3.05) is 11.5 Å². The fourth-order valence-corrected chi connectivity index (χ4v) is 3.87. The summed E-state index contributed by atoms with van der Waals surface area (Å²) in [5.41, 5.74) is 3.86. The Balaban J connectivity index is 1.82. The van der Waals surface area contributed by atoms with Crippen molar-refractivity contribution in [2.24, 2.45) is 5.92 Å². The number of rotatable bonds is 6. The van der Waals surface area contributed by atoms with Crippen LogP contribution in [0.5, 0.6) is 5.75 Å². The Morgan fingerprint density at radius 3 is 2.45 bits per heavy atom. The van der Waals surface area contributed by atoms with E-state index in [0.29, 0.717) is 18.2 Å². The van der Waals surface area contributed by atoms with E-state index in [4.69, 9.17) is 4.74 Å². The zero-order chi connectivity index (χ0) is 20.5. The highest BCUT2D eigenvalue weighted by atomic mass is 19.1. The van der Waals surface area contributed by atoms with Gasteiger partial charge in [0.2, 0.25) is 0 Å². The molecule has 0 fully saturated rings. The zero-order valence-electron chi connectivity index (χ0n) is 16.8. The summed E-state index contributed by atoms with van der Waals surface area (Å²) in [5, 5.41) is 7.39. The van der Waals surface area contributed by atoms with E-state index in [2.05, 4.69) is 24.0 Å². The van der Waals surface area contributed by atoms with Gasteiger partial charge in [-0.3, -0.25) is 14.8 Å². The molecule has 1 aliphatic rings. The van der Waals surface area contributed by atoms with Crippen molar-refractivity contribution in [3.05, 3.63) is 76.9 Å². The van der Waals surface area contributed by atoms with Gasteiger partial charge in [-0.15, -0.1) is 0 Å². The SMILES string of the molecule is CCOc1ccc(N2C(=O)c3n[nH]c(CC(C)C)c3C2c2ccc(F)cc2)cc1. The van der Waals surface area contributed by atoms with Crippen molar-refractivity contribution < 1.29 is 13.9 Å². The second-order valence-corrected chi connectivity index (χ2v) is 7.62. The maximum atomic E-state index is 13.6. The highest BCUT2D eigenvalue weighted by Crippen LogP contribution is 2.43. The molecule has 6 heteroatoms. The van der Waals surface area contributed by atoms with Gasteiger partial charge in [-0.1, -0.05) is 26.0 Å². The fraction of sp³-hybridized carbons (Fsp3) is 0.304. The summed E-state index contributed by atoms with van der Waals surface area (Å²) in [6, 6.07) is 13.4. The number of aromatic nitrogens is 2. The minimum Gasteiger partial charge on any atom is -0.494 e. The van der Waals surface area contributed by atoms with Crippen LogP contribution in [0.4, 0.5) is 10.1 Å². The number of halogens is 1. The zero-order valence-corrected chi connectivity index (χ0v) is 16.8. The van der Waals surface area contributed by atoms with Gasteiger partial charge < -0.3 is 4.74 Å². The maximum Gasteiger partial charge on any atom is 0.279 e. The summed E-state index contributed by atoms with van der Waals surface area (Å²) in [6.45, 7) is 6.76. The quantitative estimate of drug-likeness (QED) is 0.648. The molecule has 1 amide bonds. The van der Waals surface area contributed by atoms with Crippen LogP contribution in [0.15, 0.2) is 48.5 Å². The smallest absolute Gasteiger partial charge is 0.279 e. The number of carbonyl (C=O) groups is 1. The molecule has 0 spiro atoms. The third-order valence-electron chi connectivity index (χ3n) is 5.06. The van der Waals surface area contributed by atoms with Crippen molar-refractivity contribution in [3.8, 4) is 5.75 Å². The minimum atomic E-state index is -0.358. The number of nitrogens with one attached hydrogen (secondary N) is 1. The summed E-state index contributed by atoms with van der Waals surface area (Å²) in [5.74, 6) is 0.688. The Bertz CT molecular complexity index is 1010. The number of aromatic amines is 1. The second-order valence-electron chi connectivity index (χ2n) is 7.62. The van der Waals surface area contributed by atoms with E-state index in [0.717, 1.165) is 34.7 Å². The molecule has 0 bridgehead atoms. The summed E-state index contributed by atoms with van der Waals surface area (Å²) < 4.78 is 19.1. The summed E-state index contributed by atoms with van der Waals surface area (Å²) in [6.07, 6.45) is 0.782. The lowest BCUT2D eigenvalue weighted by atomic mass is 9.95. The number of fused-ring (bicyclic) bond motifs is 1. The van der Waals surface area contributed by atoms with Gasteiger partial charge in [0.15, 0.2) is 5.69 Å². The van der Waals surface area contributed by atoms with Crippen molar-refractivity contribution in [1.82, 2.24) is 10.2 Å². The van der Waals surface area contributed by atoms with E-state index in [9.17, 15) is 9.18 Å². The second kappa shape index (κ2) is 7.70. The molecule has 0 saturated heterocycles. The number of anilines is 1. The van der Waals surface area contributed by atoms with Crippen molar-refractivity contribution in [3.63, 3.8) is 0 Å². The molecule has 2 aromatic carbocycles. The van der Waals surface area contributed by atoms with Gasteiger partial charge in [-0.2, -0.15) is 5.10 Å². The first-order chi connectivity index (χ1) is 14.0. The molecular formula is C23H24FN3O2. The Hall–Kier alpha value is -3.15. The number of amides is 1. The van der Waals surface area contributed by atoms with E-state index in [1.807, 2.05) is 31.2 Å². The van der Waals surface area contributed by atoms with Crippen LogP contribution in [0.1, 0.15) is 54.1 Å². The molecule has 4 rings (SSSR count). The van der Waals surface area contributed by atoms with Gasteiger partial charge in [0, 0.05) is 16.9 Å². The minimum absolute atomic E-state index is 0.162. The lowest BCUT2D eigenvalue weighted by Crippen LogP contribution is -2.29. The lowest BCUT2D eigenvalue weighted by molar-refractivity contribution is 0.0988. The largest absolute Gasteiger partial charge is 0.494 e. The monoisotopic (exact) mass is 393 g/mol. The number of ether oxygens (including phenoxy) is 1. The molecule has 1 N–H and O–H groups in total. The predicted octanol–water partition coefficient (Wildman–Crippen LogP) is 4.90. The van der Waals surface area contributed by atoms with E-state index in [-0.39, 0.29) is 17.8 Å². The van der Waals surface area contributed by atoms with E-state index in [1.165, 1.54) is 12.1 Å². The molecule has 5 nitrogen and oxygen atoms in total. The van der Waals surface area contributed by atoms with E-state index in [1.54, 1.807) is 17.0 Å². The molecule has 1 atom stereocenters. The van der Waals surface area contributed by atoms with E-state index >= 15 is 0 Å². The molecule has 2 heterocycles. The van der Waals surface area contributed by atoms with Crippen LogP contribution < -0.4 is 9.64 Å². The Labute approximate surface area is 169 Å². The average molecular weight is 393 g/mol. The van der Waals surface area contributed by atoms with Gasteiger partial charge >= 0.3 is 0 Å². The topological polar surface area (TPSA) is 58.2 Å². The van der Waals surface area contributed by atoms with Crippen LogP contribution in [-0.2, 0) is 6.42 Å². The fourth-order valence-electron chi connectivity index (χ4n) is 3.87. The molecule has 1 aliphatic heterocycles. The third kappa shape index (κ3) is 3.50. The number of benzene rings is 2. The molecule has 1 unspecified atom stereocenters. The van der Waals surface area contributed by atoms with Gasteiger partial charge in [0.05, 0.1) is 12.6 Å². The first-order valence-electron chi connectivity index (χ1n) is 9.88. The number of hydrogen-bond donors (Lipinski definition) is 1. The first kappa shape index (κ1) is 19.2. The van der Waals surface area contributed by atoms with Gasteiger partial charge in [0.1, 0.15) is 11.6 Å². The van der Waals surface area contributed by atoms with Crippen molar-refractivity contribution >= 4 is 11.6 Å². The Morgan fingerprint density at radius 1 is 1.14 bits per heavy atom.